The maximum atomic E-state index is 13.9. The first-order chi connectivity index (χ1) is 13.3. The first-order valence-electron chi connectivity index (χ1n) is 8.19. The molecular weight excluding hydrogens is 403 g/mol. The average Bonchev–Trinajstić information content (AvgIpc) is 2.70. The molecule has 3 aromatic rings. The second-order valence-corrected chi connectivity index (χ2v) is 8.32. The summed E-state index contributed by atoms with van der Waals surface area (Å²) in [5, 5.41) is 2.61. The number of para-hydroxylation sites is 1. The molecule has 0 radical (unpaired) electrons. The molecule has 28 heavy (non-hydrogen) atoms. The number of carbonyl (C=O) groups is 1. The van der Waals surface area contributed by atoms with E-state index in [9.17, 15) is 17.6 Å². The van der Waals surface area contributed by atoms with E-state index in [1.54, 1.807) is 30.3 Å². The summed E-state index contributed by atoms with van der Waals surface area (Å²) in [4.78, 5) is 12.4. The molecule has 5 nitrogen and oxygen atoms in total. The third-order valence-corrected chi connectivity index (χ3v) is 6.07. The Morgan fingerprint density at radius 2 is 1.71 bits per heavy atom. The molecule has 0 saturated carbocycles. The Morgan fingerprint density at radius 1 is 1.00 bits per heavy atom. The van der Waals surface area contributed by atoms with Gasteiger partial charge >= 0.3 is 0 Å². The molecule has 144 valence electrons. The minimum Gasteiger partial charge on any atom is -0.319 e. The molecule has 0 aliphatic carbocycles. The van der Waals surface area contributed by atoms with Gasteiger partial charge in [-0.05, 0) is 48.5 Å². The second kappa shape index (κ2) is 8.00. The van der Waals surface area contributed by atoms with Gasteiger partial charge in [-0.15, -0.1) is 0 Å². The summed E-state index contributed by atoms with van der Waals surface area (Å²) in [5.74, 6) is -1.32. The van der Waals surface area contributed by atoms with Gasteiger partial charge in [0.25, 0.3) is 15.9 Å². The highest BCUT2D eigenvalue weighted by Gasteiger charge is 2.22. The van der Waals surface area contributed by atoms with E-state index in [1.807, 2.05) is 0 Å². The highest BCUT2D eigenvalue weighted by molar-refractivity contribution is 7.92. The number of sulfonamides is 1. The first kappa shape index (κ1) is 19.9. The van der Waals surface area contributed by atoms with Crippen LogP contribution in [0, 0.1) is 5.82 Å². The summed E-state index contributed by atoms with van der Waals surface area (Å²) in [7, 11) is -2.44. The van der Waals surface area contributed by atoms with Gasteiger partial charge in [-0.25, -0.2) is 12.8 Å². The lowest BCUT2D eigenvalue weighted by Crippen LogP contribution is -2.26. The van der Waals surface area contributed by atoms with E-state index in [4.69, 9.17) is 11.6 Å². The third-order valence-electron chi connectivity index (χ3n) is 4.05. The molecule has 0 bridgehead atoms. The molecule has 0 heterocycles. The lowest BCUT2D eigenvalue weighted by atomic mass is 10.2. The Bertz CT molecular complexity index is 1120. The monoisotopic (exact) mass is 418 g/mol. The maximum absolute atomic E-state index is 13.9. The summed E-state index contributed by atoms with van der Waals surface area (Å²) in [6.07, 6.45) is 0. The minimum absolute atomic E-state index is 0.0518. The Balaban J connectivity index is 1.88. The standard InChI is InChI=1S/C20H16ClFN2O3S/c1-24(16-7-3-2-4-8-16)28(26,27)17-9-5-6-14(12-17)20(25)23-19-11-10-15(21)13-18(19)22/h2-13H,1H3,(H,23,25). The smallest absolute Gasteiger partial charge is 0.264 e. The number of benzene rings is 3. The van der Waals surface area contributed by atoms with Crippen molar-refractivity contribution in [2.75, 3.05) is 16.7 Å². The molecule has 0 saturated heterocycles. The number of rotatable bonds is 5. The number of carbonyl (C=O) groups excluding carboxylic acids is 1. The van der Waals surface area contributed by atoms with Gasteiger partial charge in [-0.1, -0.05) is 35.9 Å². The van der Waals surface area contributed by atoms with Crippen LogP contribution in [0.15, 0.2) is 77.7 Å². The number of nitrogens with one attached hydrogen (secondary N) is 1. The molecule has 0 fully saturated rings. The van der Waals surface area contributed by atoms with Gasteiger partial charge in [0.1, 0.15) is 5.82 Å². The van der Waals surface area contributed by atoms with Crippen LogP contribution in [0.5, 0.6) is 0 Å². The normalized spacial score (nSPS) is 11.1. The van der Waals surface area contributed by atoms with Gasteiger partial charge in [0.2, 0.25) is 0 Å². The van der Waals surface area contributed by atoms with Crippen molar-refractivity contribution in [2.24, 2.45) is 0 Å². The zero-order valence-electron chi connectivity index (χ0n) is 14.8. The van der Waals surface area contributed by atoms with E-state index in [2.05, 4.69) is 5.32 Å². The van der Waals surface area contributed by atoms with Crippen molar-refractivity contribution in [3.05, 3.63) is 89.2 Å². The maximum Gasteiger partial charge on any atom is 0.264 e. The van der Waals surface area contributed by atoms with Gasteiger partial charge in [0.05, 0.1) is 16.3 Å². The molecule has 0 aromatic heterocycles. The average molecular weight is 419 g/mol. The molecule has 1 N–H and O–H groups in total. The van der Waals surface area contributed by atoms with Crippen LogP contribution in [0.1, 0.15) is 10.4 Å². The highest BCUT2D eigenvalue weighted by Crippen LogP contribution is 2.23. The summed E-state index contributed by atoms with van der Waals surface area (Å²) in [5.41, 5.74) is 0.515. The van der Waals surface area contributed by atoms with Crippen molar-refractivity contribution in [3.8, 4) is 0 Å². The fourth-order valence-corrected chi connectivity index (χ4v) is 3.92. The van der Waals surface area contributed by atoms with E-state index < -0.39 is 21.7 Å². The number of anilines is 2. The second-order valence-electron chi connectivity index (χ2n) is 5.91. The molecule has 0 aliphatic rings. The quantitative estimate of drug-likeness (QED) is 0.660. The topological polar surface area (TPSA) is 66.5 Å². The molecule has 0 atom stereocenters. The van der Waals surface area contributed by atoms with Crippen LogP contribution >= 0.6 is 11.6 Å². The van der Waals surface area contributed by atoms with Gasteiger partial charge < -0.3 is 5.32 Å². The molecule has 1 amide bonds. The Hall–Kier alpha value is -2.90. The number of amides is 1. The van der Waals surface area contributed by atoms with Crippen LogP contribution in [0.4, 0.5) is 15.8 Å². The fourth-order valence-electron chi connectivity index (χ4n) is 2.52. The zero-order valence-corrected chi connectivity index (χ0v) is 16.3. The van der Waals surface area contributed by atoms with Gasteiger partial charge in [-0.3, -0.25) is 9.10 Å². The van der Waals surface area contributed by atoms with Gasteiger partial charge in [-0.2, -0.15) is 0 Å². The van der Waals surface area contributed by atoms with Crippen LogP contribution in [-0.4, -0.2) is 21.4 Å². The first-order valence-corrected chi connectivity index (χ1v) is 10.0. The lowest BCUT2D eigenvalue weighted by Gasteiger charge is -2.19. The van der Waals surface area contributed by atoms with Crippen molar-refractivity contribution in [1.82, 2.24) is 0 Å². The van der Waals surface area contributed by atoms with E-state index >= 15 is 0 Å². The summed E-state index contributed by atoms with van der Waals surface area (Å²) >= 11 is 5.70. The van der Waals surface area contributed by atoms with Gasteiger partial charge in [0.15, 0.2) is 0 Å². The van der Waals surface area contributed by atoms with Crippen LogP contribution in [0.3, 0.4) is 0 Å². The number of hydrogen-bond donors (Lipinski definition) is 1. The zero-order chi connectivity index (χ0) is 20.3. The third kappa shape index (κ3) is 4.16. The molecule has 8 heteroatoms. The molecule has 3 rings (SSSR count). The number of nitrogens with zero attached hydrogens (tertiary/aromatic N) is 1. The number of hydrogen-bond acceptors (Lipinski definition) is 3. The minimum atomic E-state index is -3.87. The molecule has 0 aliphatic heterocycles. The molecule has 0 spiro atoms. The molecular formula is C20H16ClFN2O3S. The van der Waals surface area contributed by atoms with Crippen molar-refractivity contribution < 1.29 is 17.6 Å². The fraction of sp³-hybridized carbons (Fsp3) is 0.0500. The largest absolute Gasteiger partial charge is 0.319 e. The van der Waals surface area contributed by atoms with E-state index in [0.29, 0.717) is 5.69 Å². The molecule has 0 unspecified atom stereocenters. The van der Waals surface area contributed by atoms with E-state index in [1.165, 1.54) is 43.4 Å². The summed E-state index contributed by atoms with van der Waals surface area (Å²) in [6.45, 7) is 0. The van der Waals surface area contributed by atoms with Crippen molar-refractivity contribution in [2.45, 2.75) is 4.90 Å². The van der Waals surface area contributed by atoms with Crippen molar-refractivity contribution in [3.63, 3.8) is 0 Å². The summed E-state index contributed by atoms with van der Waals surface area (Å²) < 4.78 is 40.8. The SMILES string of the molecule is CN(c1ccccc1)S(=O)(=O)c1cccc(C(=O)Nc2ccc(Cl)cc2F)c1. The van der Waals surface area contributed by atoms with E-state index in [-0.39, 0.29) is 21.2 Å². The van der Waals surface area contributed by atoms with Crippen molar-refractivity contribution >= 4 is 38.9 Å². The number of halogens is 2. The lowest BCUT2D eigenvalue weighted by molar-refractivity contribution is 0.102. The van der Waals surface area contributed by atoms with Crippen LogP contribution < -0.4 is 9.62 Å². The van der Waals surface area contributed by atoms with Crippen LogP contribution in [-0.2, 0) is 10.0 Å². The van der Waals surface area contributed by atoms with Crippen LogP contribution in [0.2, 0.25) is 5.02 Å². The van der Waals surface area contributed by atoms with Crippen LogP contribution in [0.25, 0.3) is 0 Å². The predicted molar refractivity (Wildman–Crippen MR) is 108 cm³/mol. The Morgan fingerprint density at radius 3 is 2.39 bits per heavy atom. The molecule has 3 aromatic carbocycles. The Labute approximate surface area is 167 Å². The Kier molecular flexibility index (Phi) is 5.67. The predicted octanol–water partition coefficient (Wildman–Crippen LogP) is 4.56. The van der Waals surface area contributed by atoms with Crippen molar-refractivity contribution in [1.29, 1.82) is 0 Å². The van der Waals surface area contributed by atoms with E-state index in [0.717, 1.165) is 10.4 Å². The van der Waals surface area contributed by atoms with Gasteiger partial charge in [0, 0.05) is 17.6 Å². The summed E-state index contributed by atoms with van der Waals surface area (Å²) in [6, 6.07) is 18.0. The highest BCUT2D eigenvalue weighted by atomic mass is 35.5.